The first kappa shape index (κ1) is 17.6. The summed E-state index contributed by atoms with van der Waals surface area (Å²) in [5.41, 5.74) is 2.36. The van der Waals surface area contributed by atoms with Crippen LogP contribution in [0.2, 0.25) is 0 Å². The molecule has 2 aromatic rings. The Hall–Kier alpha value is -1.78. The van der Waals surface area contributed by atoms with Gasteiger partial charge in [-0.15, -0.1) is 11.8 Å². The van der Waals surface area contributed by atoms with Crippen molar-refractivity contribution in [3.8, 4) is 0 Å². The summed E-state index contributed by atoms with van der Waals surface area (Å²) in [6.07, 6.45) is 0. The van der Waals surface area contributed by atoms with Crippen molar-refractivity contribution in [2.75, 3.05) is 26.0 Å². The number of benzene rings is 2. The maximum absolute atomic E-state index is 12.5. The fourth-order valence-electron chi connectivity index (χ4n) is 2.17. The van der Waals surface area contributed by atoms with Gasteiger partial charge in [-0.3, -0.25) is 4.79 Å². The Bertz CT molecular complexity index is 599. The Morgan fingerprint density at radius 1 is 1.09 bits per heavy atom. The van der Waals surface area contributed by atoms with E-state index in [1.807, 2.05) is 35.2 Å². The second kappa shape index (κ2) is 9.38. The van der Waals surface area contributed by atoms with E-state index in [2.05, 4.69) is 31.2 Å². The first-order valence-corrected chi connectivity index (χ1v) is 8.67. The fourth-order valence-corrected chi connectivity index (χ4v) is 2.97. The van der Waals surface area contributed by atoms with E-state index in [0.717, 1.165) is 10.5 Å². The van der Waals surface area contributed by atoms with E-state index in [9.17, 15) is 4.79 Å². The second-order valence-electron chi connectivity index (χ2n) is 5.40. The molecule has 0 aliphatic heterocycles. The molecule has 4 heteroatoms. The third kappa shape index (κ3) is 6.08. The SMILES string of the molecule is COCCN(Cc1ccccc1)C(=O)CSc1ccc(C)cc1. The third-order valence-corrected chi connectivity index (χ3v) is 4.51. The maximum Gasteiger partial charge on any atom is 0.233 e. The molecule has 1 amide bonds. The number of aryl methyl sites for hydroxylation is 1. The molecular weight excluding hydrogens is 306 g/mol. The number of carbonyl (C=O) groups excluding carboxylic acids is 1. The summed E-state index contributed by atoms with van der Waals surface area (Å²) >= 11 is 1.58. The van der Waals surface area contributed by atoms with E-state index in [4.69, 9.17) is 4.74 Å². The molecule has 2 rings (SSSR count). The summed E-state index contributed by atoms with van der Waals surface area (Å²) in [4.78, 5) is 15.5. The van der Waals surface area contributed by atoms with E-state index in [1.165, 1.54) is 5.56 Å². The Balaban J connectivity index is 1.94. The molecule has 0 atom stereocenters. The van der Waals surface area contributed by atoms with Crippen molar-refractivity contribution < 1.29 is 9.53 Å². The maximum atomic E-state index is 12.5. The average molecular weight is 329 g/mol. The normalized spacial score (nSPS) is 10.5. The third-order valence-electron chi connectivity index (χ3n) is 3.52. The Morgan fingerprint density at radius 3 is 2.43 bits per heavy atom. The van der Waals surface area contributed by atoms with Gasteiger partial charge in [0.05, 0.1) is 12.4 Å². The van der Waals surface area contributed by atoms with Gasteiger partial charge in [-0.1, -0.05) is 48.0 Å². The molecule has 0 aromatic heterocycles. The van der Waals surface area contributed by atoms with Crippen LogP contribution < -0.4 is 0 Å². The van der Waals surface area contributed by atoms with Gasteiger partial charge in [0.1, 0.15) is 0 Å². The van der Waals surface area contributed by atoms with Gasteiger partial charge < -0.3 is 9.64 Å². The summed E-state index contributed by atoms with van der Waals surface area (Å²) in [6.45, 7) is 3.84. The van der Waals surface area contributed by atoms with Gasteiger partial charge in [0, 0.05) is 25.1 Å². The summed E-state index contributed by atoms with van der Waals surface area (Å²) in [7, 11) is 1.66. The standard InChI is InChI=1S/C19H23NO2S/c1-16-8-10-18(11-9-16)23-15-19(21)20(12-13-22-2)14-17-6-4-3-5-7-17/h3-11H,12-15H2,1-2H3. The van der Waals surface area contributed by atoms with Crippen LogP contribution in [0.5, 0.6) is 0 Å². The number of hydrogen-bond acceptors (Lipinski definition) is 3. The zero-order chi connectivity index (χ0) is 16.5. The first-order valence-electron chi connectivity index (χ1n) is 7.69. The van der Waals surface area contributed by atoms with E-state index in [1.54, 1.807) is 18.9 Å². The van der Waals surface area contributed by atoms with Crippen LogP contribution in [0.15, 0.2) is 59.5 Å². The summed E-state index contributed by atoms with van der Waals surface area (Å²) in [6, 6.07) is 18.3. The number of carbonyl (C=O) groups is 1. The second-order valence-corrected chi connectivity index (χ2v) is 6.44. The summed E-state index contributed by atoms with van der Waals surface area (Å²) in [5, 5.41) is 0. The molecule has 3 nitrogen and oxygen atoms in total. The van der Waals surface area contributed by atoms with Crippen LogP contribution in [0.3, 0.4) is 0 Å². The van der Waals surface area contributed by atoms with Gasteiger partial charge in [0.2, 0.25) is 5.91 Å². The largest absolute Gasteiger partial charge is 0.383 e. The minimum absolute atomic E-state index is 0.136. The molecule has 0 saturated carbocycles. The molecule has 0 bridgehead atoms. The molecule has 0 saturated heterocycles. The first-order chi connectivity index (χ1) is 11.2. The molecule has 0 heterocycles. The van der Waals surface area contributed by atoms with Gasteiger partial charge in [0.25, 0.3) is 0 Å². The molecule has 0 aliphatic carbocycles. The number of hydrogen-bond donors (Lipinski definition) is 0. The highest BCUT2D eigenvalue weighted by atomic mass is 32.2. The Labute approximate surface area is 142 Å². The molecule has 0 aliphatic rings. The number of amides is 1. The topological polar surface area (TPSA) is 29.5 Å². The minimum atomic E-state index is 0.136. The van der Waals surface area contributed by atoms with Crippen LogP contribution in [-0.2, 0) is 16.1 Å². The van der Waals surface area contributed by atoms with Crippen molar-refractivity contribution in [2.45, 2.75) is 18.4 Å². The summed E-state index contributed by atoms with van der Waals surface area (Å²) in [5.74, 6) is 0.580. The highest BCUT2D eigenvalue weighted by molar-refractivity contribution is 8.00. The van der Waals surface area contributed by atoms with Crippen LogP contribution in [0.4, 0.5) is 0 Å². The van der Waals surface area contributed by atoms with Crippen molar-refractivity contribution in [1.82, 2.24) is 4.90 Å². The molecule has 0 N–H and O–H groups in total. The van der Waals surface area contributed by atoms with Gasteiger partial charge in [-0.25, -0.2) is 0 Å². The highest BCUT2D eigenvalue weighted by Crippen LogP contribution is 2.19. The quantitative estimate of drug-likeness (QED) is 0.691. The van der Waals surface area contributed by atoms with Gasteiger partial charge >= 0.3 is 0 Å². The van der Waals surface area contributed by atoms with Gasteiger partial charge in [-0.05, 0) is 24.6 Å². The Morgan fingerprint density at radius 2 is 1.78 bits per heavy atom. The molecule has 2 aromatic carbocycles. The van der Waals surface area contributed by atoms with E-state index in [-0.39, 0.29) is 5.91 Å². The molecular formula is C19H23NO2S. The van der Waals surface area contributed by atoms with Crippen molar-refractivity contribution in [2.24, 2.45) is 0 Å². The zero-order valence-electron chi connectivity index (χ0n) is 13.7. The lowest BCUT2D eigenvalue weighted by Crippen LogP contribution is -2.34. The minimum Gasteiger partial charge on any atom is -0.383 e. The van der Waals surface area contributed by atoms with E-state index >= 15 is 0 Å². The van der Waals surface area contributed by atoms with Crippen molar-refractivity contribution >= 4 is 17.7 Å². The van der Waals surface area contributed by atoms with Crippen molar-refractivity contribution in [3.63, 3.8) is 0 Å². The lowest BCUT2D eigenvalue weighted by atomic mass is 10.2. The number of methoxy groups -OCH3 is 1. The predicted molar refractivity (Wildman–Crippen MR) is 95.6 cm³/mol. The lowest BCUT2D eigenvalue weighted by molar-refractivity contribution is -0.129. The molecule has 122 valence electrons. The van der Waals surface area contributed by atoms with Crippen molar-refractivity contribution in [3.05, 3.63) is 65.7 Å². The molecule has 0 radical (unpaired) electrons. The van der Waals surface area contributed by atoms with Crippen LogP contribution in [-0.4, -0.2) is 36.8 Å². The molecule has 0 unspecified atom stereocenters. The Kier molecular flexibility index (Phi) is 7.17. The van der Waals surface area contributed by atoms with E-state index < -0.39 is 0 Å². The van der Waals surface area contributed by atoms with Crippen molar-refractivity contribution in [1.29, 1.82) is 0 Å². The lowest BCUT2D eigenvalue weighted by Gasteiger charge is -2.22. The average Bonchev–Trinajstić information content (AvgIpc) is 2.58. The van der Waals surface area contributed by atoms with Crippen LogP contribution >= 0.6 is 11.8 Å². The van der Waals surface area contributed by atoms with Crippen LogP contribution in [0.1, 0.15) is 11.1 Å². The van der Waals surface area contributed by atoms with Crippen LogP contribution in [0, 0.1) is 6.92 Å². The number of ether oxygens (including phenoxy) is 1. The number of thioether (sulfide) groups is 1. The summed E-state index contributed by atoms with van der Waals surface area (Å²) < 4.78 is 5.14. The monoisotopic (exact) mass is 329 g/mol. The van der Waals surface area contributed by atoms with Crippen LogP contribution in [0.25, 0.3) is 0 Å². The number of nitrogens with zero attached hydrogens (tertiary/aromatic N) is 1. The van der Waals surface area contributed by atoms with E-state index in [0.29, 0.717) is 25.4 Å². The van der Waals surface area contributed by atoms with Gasteiger partial charge in [0.15, 0.2) is 0 Å². The number of rotatable bonds is 8. The highest BCUT2D eigenvalue weighted by Gasteiger charge is 2.14. The molecule has 0 spiro atoms. The zero-order valence-corrected chi connectivity index (χ0v) is 14.5. The molecule has 0 fully saturated rings. The smallest absolute Gasteiger partial charge is 0.233 e. The fraction of sp³-hybridized carbons (Fsp3) is 0.316. The van der Waals surface area contributed by atoms with Gasteiger partial charge in [-0.2, -0.15) is 0 Å². The predicted octanol–water partition coefficient (Wildman–Crippen LogP) is 3.76. The molecule has 23 heavy (non-hydrogen) atoms.